The Hall–Kier alpha value is -0.380. The maximum atomic E-state index is 3.71. The first-order chi connectivity index (χ1) is 8.60. The van der Waals surface area contributed by atoms with E-state index < -0.39 is 0 Å². The van der Waals surface area contributed by atoms with E-state index in [0.29, 0.717) is 6.04 Å². The first kappa shape index (κ1) is 14.0. The Bertz CT molecular complexity index is 405. The predicted molar refractivity (Wildman–Crippen MR) is 80.6 cm³/mol. The van der Waals surface area contributed by atoms with Gasteiger partial charge in [0.15, 0.2) is 0 Å². The molecule has 1 aromatic carbocycles. The average molecular weight is 311 g/mol. The number of rotatable bonds is 4. The van der Waals surface area contributed by atoms with Gasteiger partial charge in [-0.25, -0.2) is 0 Å². The van der Waals surface area contributed by atoms with Crippen LogP contribution in [0.5, 0.6) is 0 Å². The van der Waals surface area contributed by atoms with Gasteiger partial charge in [0.1, 0.15) is 0 Å². The summed E-state index contributed by atoms with van der Waals surface area (Å²) < 4.78 is 1.24. The van der Waals surface area contributed by atoms with Crippen molar-refractivity contribution in [2.24, 2.45) is 5.92 Å². The monoisotopic (exact) mass is 310 g/mol. The molecule has 100 valence electrons. The third-order valence-corrected chi connectivity index (χ3v) is 4.52. The van der Waals surface area contributed by atoms with Crippen LogP contribution in [-0.4, -0.2) is 24.5 Å². The van der Waals surface area contributed by atoms with Crippen LogP contribution in [0.3, 0.4) is 0 Å². The van der Waals surface area contributed by atoms with Crippen LogP contribution in [0.2, 0.25) is 0 Å². The molecule has 3 heteroatoms. The standard InChI is InChI=1S/C15H23BrN2/c1-11-6-12(2)18(9-11)10-14-5-4-13(8-17-3)7-15(14)16/h4-5,7,11-12,17H,6,8-10H2,1-3H3. The molecule has 18 heavy (non-hydrogen) atoms. The molecule has 0 aromatic heterocycles. The Kier molecular flexibility index (Phi) is 4.82. The van der Waals surface area contributed by atoms with E-state index in [0.717, 1.165) is 19.0 Å². The molecule has 1 N–H and O–H groups in total. The Labute approximate surface area is 119 Å². The highest BCUT2D eigenvalue weighted by atomic mass is 79.9. The molecule has 1 aliphatic rings. The summed E-state index contributed by atoms with van der Waals surface area (Å²) in [5.41, 5.74) is 2.73. The number of nitrogens with one attached hydrogen (secondary N) is 1. The molecule has 0 aliphatic carbocycles. The molecule has 1 fully saturated rings. The van der Waals surface area contributed by atoms with E-state index >= 15 is 0 Å². The normalized spacial score (nSPS) is 24.7. The number of halogens is 1. The van der Waals surface area contributed by atoms with Crippen molar-refractivity contribution in [3.63, 3.8) is 0 Å². The topological polar surface area (TPSA) is 15.3 Å². The number of hydrogen-bond acceptors (Lipinski definition) is 2. The molecule has 0 bridgehead atoms. The quantitative estimate of drug-likeness (QED) is 0.917. The third kappa shape index (κ3) is 3.34. The minimum Gasteiger partial charge on any atom is -0.316 e. The number of hydrogen-bond donors (Lipinski definition) is 1. The molecule has 0 amide bonds. The van der Waals surface area contributed by atoms with Crippen LogP contribution in [0.1, 0.15) is 31.4 Å². The van der Waals surface area contributed by atoms with Crippen LogP contribution < -0.4 is 5.32 Å². The minimum atomic E-state index is 0.712. The van der Waals surface area contributed by atoms with E-state index in [-0.39, 0.29) is 0 Å². The van der Waals surface area contributed by atoms with Gasteiger partial charge in [0, 0.05) is 30.1 Å². The largest absolute Gasteiger partial charge is 0.316 e. The Morgan fingerprint density at radius 2 is 2.17 bits per heavy atom. The third-order valence-electron chi connectivity index (χ3n) is 3.78. The van der Waals surface area contributed by atoms with Gasteiger partial charge in [-0.3, -0.25) is 4.90 Å². The van der Waals surface area contributed by atoms with Crippen molar-refractivity contribution in [1.29, 1.82) is 0 Å². The van der Waals surface area contributed by atoms with E-state index in [9.17, 15) is 0 Å². The summed E-state index contributed by atoms with van der Waals surface area (Å²) in [5.74, 6) is 0.836. The lowest BCUT2D eigenvalue weighted by atomic mass is 10.1. The van der Waals surface area contributed by atoms with Gasteiger partial charge in [-0.05, 0) is 43.5 Å². The predicted octanol–water partition coefficient (Wildman–Crippen LogP) is 3.40. The van der Waals surface area contributed by atoms with Crippen molar-refractivity contribution < 1.29 is 0 Å². The van der Waals surface area contributed by atoms with Gasteiger partial charge in [0.2, 0.25) is 0 Å². The second-order valence-corrected chi connectivity index (χ2v) is 6.43. The van der Waals surface area contributed by atoms with Gasteiger partial charge in [-0.2, -0.15) is 0 Å². The summed E-state index contributed by atoms with van der Waals surface area (Å²) in [7, 11) is 1.98. The van der Waals surface area contributed by atoms with Gasteiger partial charge in [0.05, 0.1) is 0 Å². The van der Waals surface area contributed by atoms with Gasteiger partial charge < -0.3 is 5.32 Å². The molecule has 2 unspecified atom stereocenters. The Balaban J connectivity index is 2.05. The number of nitrogens with zero attached hydrogens (tertiary/aromatic N) is 1. The second-order valence-electron chi connectivity index (χ2n) is 5.58. The number of benzene rings is 1. The fourth-order valence-electron chi connectivity index (χ4n) is 2.86. The summed E-state index contributed by atoms with van der Waals surface area (Å²) in [6, 6.07) is 7.42. The lowest BCUT2D eigenvalue weighted by Gasteiger charge is -2.22. The van der Waals surface area contributed by atoms with Gasteiger partial charge >= 0.3 is 0 Å². The van der Waals surface area contributed by atoms with Crippen LogP contribution >= 0.6 is 15.9 Å². The lowest BCUT2D eigenvalue weighted by Crippen LogP contribution is -2.26. The first-order valence-corrected chi connectivity index (χ1v) is 7.55. The van der Waals surface area contributed by atoms with Crippen molar-refractivity contribution in [3.05, 3.63) is 33.8 Å². The second kappa shape index (κ2) is 6.18. The van der Waals surface area contributed by atoms with Crippen molar-refractivity contribution in [2.75, 3.05) is 13.6 Å². The Morgan fingerprint density at radius 3 is 2.72 bits per heavy atom. The zero-order valence-corrected chi connectivity index (χ0v) is 13.1. The molecule has 2 rings (SSSR count). The molecular weight excluding hydrogens is 288 g/mol. The summed E-state index contributed by atoms with van der Waals surface area (Å²) >= 11 is 3.71. The summed E-state index contributed by atoms with van der Waals surface area (Å²) in [6.45, 7) is 7.90. The SMILES string of the molecule is CNCc1ccc(CN2CC(C)CC2C)c(Br)c1. The molecule has 0 spiro atoms. The van der Waals surface area contributed by atoms with E-state index in [4.69, 9.17) is 0 Å². The van der Waals surface area contributed by atoms with Gasteiger partial charge in [-0.1, -0.05) is 35.0 Å². The highest BCUT2D eigenvalue weighted by Crippen LogP contribution is 2.27. The average Bonchev–Trinajstić information content (AvgIpc) is 2.62. The molecule has 0 saturated carbocycles. The fraction of sp³-hybridized carbons (Fsp3) is 0.600. The fourth-order valence-corrected chi connectivity index (χ4v) is 3.41. The molecule has 0 radical (unpaired) electrons. The van der Waals surface area contributed by atoms with Crippen molar-refractivity contribution >= 4 is 15.9 Å². The van der Waals surface area contributed by atoms with Gasteiger partial charge in [0.25, 0.3) is 0 Å². The molecule has 1 heterocycles. The van der Waals surface area contributed by atoms with Crippen LogP contribution in [-0.2, 0) is 13.1 Å². The molecule has 1 aromatic rings. The number of likely N-dealkylation sites (tertiary alicyclic amines) is 1. The molecule has 2 atom stereocenters. The van der Waals surface area contributed by atoms with Gasteiger partial charge in [-0.15, -0.1) is 0 Å². The van der Waals surface area contributed by atoms with Crippen molar-refractivity contribution in [3.8, 4) is 0 Å². The maximum Gasteiger partial charge on any atom is 0.0247 e. The summed E-state index contributed by atoms with van der Waals surface area (Å²) in [5, 5.41) is 3.19. The first-order valence-electron chi connectivity index (χ1n) is 6.76. The molecule has 2 nitrogen and oxygen atoms in total. The highest BCUT2D eigenvalue weighted by molar-refractivity contribution is 9.10. The molecule has 1 aliphatic heterocycles. The zero-order chi connectivity index (χ0) is 13.1. The van der Waals surface area contributed by atoms with Crippen molar-refractivity contribution in [1.82, 2.24) is 10.2 Å². The lowest BCUT2D eigenvalue weighted by molar-refractivity contribution is 0.256. The van der Waals surface area contributed by atoms with E-state index in [1.165, 1.54) is 28.6 Å². The van der Waals surface area contributed by atoms with E-state index in [1.807, 2.05) is 7.05 Å². The van der Waals surface area contributed by atoms with Crippen LogP contribution in [0.4, 0.5) is 0 Å². The molecule has 1 saturated heterocycles. The summed E-state index contributed by atoms with van der Waals surface area (Å²) in [6.07, 6.45) is 1.33. The zero-order valence-electron chi connectivity index (χ0n) is 11.5. The minimum absolute atomic E-state index is 0.712. The van der Waals surface area contributed by atoms with Crippen LogP contribution in [0.15, 0.2) is 22.7 Å². The van der Waals surface area contributed by atoms with Crippen molar-refractivity contribution in [2.45, 2.75) is 39.4 Å². The maximum absolute atomic E-state index is 3.71. The smallest absolute Gasteiger partial charge is 0.0247 e. The van der Waals surface area contributed by atoms with E-state index in [2.05, 4.69) is 58.2 Å². The van der Waals surface area contributed by atoms with Crippen LogP contribution in [0.25, 0.3) is 0 Å². The summed E-state index contributed by atoms with van der Waals surface area (Å²) in [4.78, 5) is 2.59. The highest BCUT2D eigenvalue weighted by Gasteiger charge is 2.26. The molecular formula is C15H23BrN2. The Morgan fingerprint density at radius 1 is 1.39 bits per heavy atom. The van der Waals surface area contributed by atoms with E-state index in [1.54, 1.807) is 0 Å². The van der Waals surface area contributed by atoms with Crippen LogP contribution in [0, 0.1) is 5.92 Å².